The molecule has 0 aliphatic carbocycles. The SMILES string of the molecule is CCCN(C(=O)c1ccccc1)C(CC)OC. The minimum atomic E-state index is -0.136. The molecule has 17 heavy (non-hydrogen) atoms. The Labute approximate surface area is 103 Å². The number of ether oxygens (including phenoxy) is 1. The summed E-state index contributed by atoms with van der Waals surface area (Å²) < 4.78 is 5.36. The molecule has 0 radical (unpaired) electrons. The van der Waals surface area contributed by atoms with Crippen LogP contribution in [0.1, 0.15) is 37.0 Å². The molecule has 1 atom stereocenters. The maximum absolute atomic E-state index is 12.3. The van der Waals surface area contributed by atoms with Crippen LogP contribution in [0.3, 0.4) is 0 Å². The first-order chi connectivity index (χ1) is 8.24. The van der Waals surface area contributed by atoms with Gasteiger partial charge in [-0.3, -0.25) is 4.79 Å². The van der Waals surface area contributed by atoms with Crippen molar-refractivity contribution < 1.29 is 9.53 Å². The van der Waals surface area contributed by atoms with E-state index in [9.17, 15) is 4.79 Å². The van der Waals surface area contributed by atoms with Crippen LogP contribution in [0.15, 0.2) is 30.3 Å². The molecule has 3 nitrogen and oxygen atoms in total. The van der Waals surface area contributed by atoms with Gasteiger partial charge in [0.2, 0.25) is 0 Å². The van der Waals surface area contributed by atoms with Crippen molar-refractivity contribution >= 4 is 5.91 Å². The molecule has 0 heterocycles. The summed E-state index contributed by atoms with van der Waals surface area (Å²) in [6, 6.07) is 9.35. The van der Waals surface area contributed by atoms with Gasteiger partial charge in [0.05, 0.1) is 0 Å². The van der Waals surface area contributed by atoms with Gasteiger partial charge in [0.15, 0.2) is 0 Å². The van der Waals surface area contributed by atoms with Crippen LogP contribution in [0.5, 0.6) is 0 Å². The molecule has 1 rings (SSSR count). The minimum Gasteiger partial charge on any atom is -0.362 e. The fourth-order valence-corrected chi connectivity index (χ4v) is 1.88. The number of amides is 1. The van der Waals surface area contributed by atoms with E-state index in [0.29, 0.717) is 0 Å². The molecule has 0 N–H and O–H groups in total. The summed E-state index contributed by atoms with van der Waals surface area (Å²) >= 11 is 0. The smallest absolute Gasteiger partial charge is 0.255 e. The van der Waals surface area contributed by atoms with E-state index in [2.05, 4.69) is 6.92 Å². The van der Waals surface area contributed by atoms with Crippen LogP contribution in [-0.2, 0) is 4.74 Å². The molecule has 0 aliphatic heterocycles. The van der Waals surface area contributed by atoms with Crippen LogP contribution in [0.25, 0.3) is 0 Å². The fraction of sp³-hybridized carbons (Fsp3) is 0.500. The van der Waals surface area contributed by atoms with E-state index in [0.717, 1.165) is 24.9 Å². The van der Waals surface area contributed by atoms with Gasteiger partial charge < -0.3 is 9.64 Å². The molecule has 0 saturated carbocycles. The lowest BCUT2D eigenvalue weighted by atomic mass is 10.2. The highest BCUT2D eigenvalue weighted by Crippen LogP contribution is 2.12. The van der Waals surface area contributed by atoms with Crippen LogP contribution in [-0.4, -0.2) is 30.7 Å². The lowest BCUT2D eigenvalue weighted by Crippen LogP contribution is -2.41. The molecule has 0 bridgehead atoms. The Morgan fingerprint density at radius 3 is 2.41 bits per heavy atom. The second kappa shape index (κ2) is 7.07. The Kier molecular flexibility index (Phi) is 5.70. The van der Waals surface area contributed by atoms with E-state index in [1.807, 2.05) is 37.3 Å². The second-order valence-corrected chi connectivity index (χ2v) is 3.96. The number of carbonyl (C=O) groups is 1. The molecule has 0 saturated heterocycles. The van der Waals surface area contributed by atoms with Crippen molar-refractivity contribution in [2.75, 3.05) is 13.7 Å². The second-order valence-electron chi connectivity index (χ2n) is 3.96. The van der Waals surface area contributed by atoms with E-state index in [4.69, 9.17) is 4.74 Å². The Balaban J connectivity index is 2.87. The average Bonchev–Trinajstić information content (AvgIpc) is 2.39. The summed E-state index contributed by atoms with van der Waals surface area (Å²) in [5.74, 6) is 0.0427. The standard InChI is InChI=1S/C14H21NO2/c1-4-11-15(13(5-2)17-3)14(16)12-9-7-6-8-10-12/h6-10,13H,4-5,11H2,1-3H3. The number of benzene rings is 1. The van der Waals surface area contributed by atoms with Crippen LogP contribution in [0.2, 0.25) is 0 Å². The number of nitrogens with zero attached hydrogens (tertiary/aromatic N) is 1. The van der Waals surface area contributed by atoms with Gasteiger partial charge >= 0.3 is 0 Å². The zero-order valence-corrected chi connectivity index (χ0v) is 10.8. The minimum absolute atomic E-state index is 0.0427. The summed E-state index contributed by atoms with van der Waals surface area (Å²) in [5.41, 5.74) is 0.719. The number of carbonyl (C=O) groups excluding carboxylic acids is 1. The van der Waals surface area contributed by atoms with E-state index >= 15 is 0 Å². The van der Waals surface area contributed by atoms with Gasteiger partial charge in [0.1, 0.15) is 6.23 Å². The van der Waals surface area contributed by atoms with Gasteiger partial charge in [0, 0.05) is 19.2 Å². The van der Waals surface area contributed by atoms with Crippen molar-refractivity contribution in [1.29, 1.82) is 0 Å². The highest BCUT2D eigenvalue weighted by atomic mass is 16.5. The molecule has 1 unspecified atom stereocenters. The first kappa shape index (κ1) is 13.7. The molecule has 0 aliphatic rings. The van der Waals surface area contributed by atoms with Crippen molar-refractivity contribution in [1.82, 2.24) is 4.90 Å². The Morgan fingerprint density at radius 2 is 1.94 bits per heavy atom. The van der Waals surface area contributed by atoms with Crippen molar-refractivity contribution in [2.24, 2.45) is 0 Å². The summed E-state index contributed by atoms with van der Waals surface area (Å²) in [6.45, 7) is 4.81. The Bertz CT molecular complexity index is 333. The van der Waals surface area contributed by atoms with Crippen molar-refractivity contribution in [2.45, 2.75) is 32.9 Å². The molecule has 0 spiro atoms. The third-order valence-electron chi connectivity index (χ3n) is 2.72. The number of methoxy groups -OCH3 is 1. The maximum Gasteiger partial charge on any atom is 0.255 e. The van der Waals surface area contributed by atoms with Crippen molar-refractivity contribution in [3.05, 3.63) is 35.9 Å². The number of hydrogen-bond donors (Lipinski definition) is 0. The molecular formula is C14H21NO2. The molecule has 1 aromatic carbocycles. The normalized spacial score (nSPS) is 12.2. The fourth-order valence-electron chi connectivity index (χ4n) is 1.88. The third-order valence-corrected chi connectivity index (χ3v) is 2.72. The zero-order chi connectivity index (χ0) is 12.7. The van der Waals surface area contributed by atoms with Crippen LogP contribution in [0.4, 0.5) is 0 Å². The first-order valence-corrected chi connectivity index (χ1v) is 6.13. The van der Waals surface area contributed by atoms with Gasteiger partial charge in [0.25, 0.3) is 5.91 Å². The summed E-state index contributed by atoms with van der Waals surface area (Å²) in [7, 11) is 1.65. The highest BCUT2D eigenvalue weighted by Gasteiger charge is 2.22. The van der Waals surface area contributed by atoms with Gasteiger partial charge in [-0.25, -0.2) is 0 Å². The quantitative estimate of drug-likeness (QED) is 0.709. The molecule has 1 aromatic rings. The van der Waals surface area contributed by atoms with Gasteiger partial charge in [-0.15, -0.1) is 0 Å². The van der Waals surface area contributed by atoms with Gasteiger partial charge in [-0.05, 0) is 25.0 Å². The van der Waals surface area contributed by atoms with Crippen LogP contribution >= 0.6 is 0 Å². The average molecular weight is 235 g/mol. The van der Waals surface area contributed by atoms with Crippen molar-refractivity contribution in [3.8, 4) is 0 Å². The zero-order valence-electron chi connectivity index (χ0n) is 10.8. The number of hydrogen-bond acceptors (Lipinski definition) is 2. The molecular weight excluding hydrogens is 214 g/mol. The molecule has 94 valence electrons. The maximum atomic E-state index is 12.3. The van der Waals surface area contributed by atoms with Crippen molar-refractivity contribution in [3.63, 3.8) is 0 Å². The Hall–Kier alpha value is -1.35. The molecule has 0 aromatic heterocycles. The highest BCUT2D eigenvalue weighted by molar-refractivity contribution is 5.94. The molecule has 3 heteroatoms. The van der Waals surface area contributed by atoms with Crippen LogP contribution < -0.4 is 0 Å². The van der Waals surface area contributed by atoms with E-state index in [-0.39, 0.29) is 12.1 Å². The predicted molar refractivity (Wildman–Crippen MR) is 68.9 cm³/mol. The van der Waals surface area contributed by atoms with Gasteiger partial charge in [-0.2, -0.15) is 0 Å². The lowest BCUT2D eigenvalue weighted by molar-refractivity contribution is -0.0223. The van der Waals surface area contributed by atoms with E-state index in [1.165, 1.54) is 0 Å². The first-order valence-electron chi connectivity index (χ1n) is 6.13. The summed E-state index contributed by atoms with van der Waals surface area (Å²) in [6.07, 6.45) is 1.59. The van der Waals surface area contributed by atoms with E-state index in [1.54, 1.807) is 12.0 Å². The third kappa shape index (κ3) is 3.56. The Morgan fingerprint density at radius 1 is 1.29 bits per heavy atom. The molecule has 1 amide bonds. The largest absolute Gasteiger partial charge is 0.362 e. The monoisotopic (exact) mass is 235 g/mol. The molecule has 0 fully saturated rings. The topological polar surface area (TPSA) is 29.5 Å². The predicted octanol–water partition coefficient (Wildman–Crippen LogP) is 2.92. The summed E-state index contributed by atoms with van der Waals surface area (Å²) in [5, 5.41) is 0. The van der Waals surface area contributed by atoms with E-state index < -0.39 is 0 Å². The van der Waals surface area contributed by atoms with Gasteiger partial charge in [-0.1, -0.05) is 32.0 Å². The summed E-state index contributed by atoms with van der Waals surface area (Å²) in [4.78, 5) is 14.1. The lowest BCUT2D eigenvalue weighted by Gasteiger charge is -2.29. The van der Waals surface area contributed by atoms with Crippen LogP contribution in [0, 0.1) is 0 Å². The number of rotatable bonds is 6.